The first-order valence-electron chi connectivity index (χ1n) is 13.0. The van der Waals surface area contributed by atoms with E-state index >= 15 is 0 Å². The normalized spacial score (nSPS) is 16.8. The number of nitrogens with one attached hydrogen (secondary N) is 2. The lowest BCUT2D eigenvalue weighted by Gasteiger charge is -2.28. The predicted octanol–water partition coefficient (Wildman–Crippen LogP) is 5.48. The van der Waals surface area contributed by atoms with Gasteiger partial charge in [-0.05, 0) is 60.1 Å². The number of thiocarbonyl (C=S) groups is 1. The Hall–Kier alpha value is -4.56. The van der Waals surface area contributed by atoms with E-state index in [-0.39, 0.29) is 24.4 Å². The first kappa shape index (κ1) is 24.8. The minimum atomic E-state index is -0.155. The zero-order chi connectivity index (χ0) is 26.6. The lowest BCUT2D eigenvalue weighted by molar-refractivity contribution is -0.116. The van der Waals surface area contributed by atoms with Crippen LogP contribution in [0.1, 0.15) is 35.6 Å². The molecule has 1 saturated heterocycles. The van der Waals surface area contributed by atoms with Crippen LogP contribution in [0.5, 0.6) is 0 Å². The van der Waals surface area contributed by atoms with Gasteiger partial charge in [0.2, 0.25) is 5.91 Å². The van der Waals surface area contributed by atoms with E-state index in [4.69, 9.17) is 12.2 Å². The van der Waals surface area contributed by atoms with Crippen LogP contribution < -0.4 is 10.6 Å². The Morgan fingerprint density at radius 3 is 2.51 bits per heavy atom. The molecule has 0 radical (unpaired) electrons. The van der Waals surface area contributed by atoms with Gasteiger partial charge in [0.25, 0.3) is 0 Å². The van der Waals surface area contributed by atoms with Crippen LogP contribution in [0.25, 0.3) is 10.8 Å². The zero-order valence-corrected chi connectivity index (χ0v) is 22.1. The molecular weight excluding hydrogens is 504 g/mol. The fraction of sp³-hybridized carbons (Fsp3) is 0.161. The highest BCUT2D eigenvalue weighted by Gasteiger charge is 2.41. The van der Waals surface area contributed by atoms with Crippen molar-refractivity contribution in [1.29, 1.82) is 0 Å². The lowest BCUT2D eigenvalue weighted by Crippen LogP contribution is -2.33. The number of hydrogen-bond acceptors (Lipinski definition) is 4. The summed E-state index contributed by atoms with van der Waals surface area (Å²) in [5.74, 6) is -0.0574. The van der Waals surface area contributed by atoms with Crippen LogP contribution in [0, 0.1) is 0 Å². The van der Waals surface area contributed by atoms with Gasteiger partial charge in [-0.25, -0.2) is 0 Å². The summed E-state index contributed by atoms with van der Waals surface area (Å²) in [5.41, 5.74) is 3.77. The van der Waals surface area contributed by atoms with E-state index in [1.165, 1.54) is 0 Å². The second kappa shape index (κ2) is 11.0. The topological polar surface area (TPSA) is 75.1 Å². The molecule has 1 amide bonds. The van der Waals surface area contributed by atoms with Crippen LogP contribution in [0.3, 0.4) is 0 Å². The van der Waals surface area contributed by atoms with E-state index in [0.717, 1.165) is 33.5 Å². The highest BCUT2D eigenvalue weighted by atomic mass is 32.1. The second-order valence-corrected chi connectivity index (χ2v) is 9.91. The highest BCUT2D eigenvalue weighted by Crippen LogP contribution is 2.39. The van der Waals surface area contributed by atoms with Crippen LogP contribution in [0.15, 0.2) is 110 Å². The Morgan fingerprint density at radius 1 is 0.897 bits per heavy atom. The third-order valence-corrected chi connectivity index (χ3v) is 7.42. The number of fused-ring (bicyclic) bond motifs is 1. The maximum Gasteiger partial charge on any atom is 0.226 e. The summed E-state index contributed by atoms with van der Waals surface area (Å²) in [6, 6.07) is 29.7. The maximum atomic E-state index is 13.1. The van der Waals surface area contributed by atoms with Crippen LogP contribution in [-0.2, 0) is 11.3 Å². The van der Waals surface area contributed by atoms with Crippen LogP contribution in [0.4, 0.5) is 5.69 Å². The van der Waals surface area contributed by atoms with E-state index in [9.17, 15) is 4.79 Å². The average Bonchev–Trinajstić information content (AvgIpc) is 3.56. The molecule has 1 aliphatic heterocycles. The fourth-order valence-corrected chi connectivity index (χ4v) is 5.57. The number of anilines is 1. The maximum absolute atomic E-state index is 13.1. The van der Waals surface area contributed by atoms with Crippen molar-refractivity contribution in [2.75, 3.05) is 11.9 Å². The van der Waals surface area contributed by atoms with Crippen molar-refractivity contribution < 1.29 is 4.79 Å². The Kier molecular flexibility index (Phi) is 7.01. The Labute approximate surface area is 232 Å². The molecule has 7 nitrogen and oxygen atoms in total. The van der Waals surface area contributed by atoms with Crippen molar-refractivity contribution in [3.63, 3.8) is 0 Å². The molecule has 1 fully saturated rings. The first-order valence-corrected chi connectivity index (χ1v) is 13.4. The van der Waals surface area contributed by atoms with Crippen LogP contribution >= 0.6 is 12.2 Å². The standard InChI is InChI=1S/C31H28N6OS/c38-28(34-25-14-7-10-22-9-1-2-12-24(22)25)16-20-37-30(29(35-31(37)39)26-13-4-6-18-33-26)27-15-8-19-36(27)21-23-11-3-5-17-32-23/h1-15,17-19,29-30H,16,20-21H2,(H,34,38)(H,35,39)/t29-,30-/m0/s1. The molecule has 0 saturated carbocycles. The van der Waals surface area contributed by atoms with Gasteiger partial charge in [-0.2, -0.15) is 0 Å². The van der Waals surface area contributed by atoms with Crippen molar-refractivity contribution in [3.8, 4) is 0 Å². The SMILES string of the molecule is O=C(CCN1C(=S)N[C@@H](c2ccccn2)[C@@H]1c1cccn1Cc1ccccn1)Nc1cccc2ccccc12. The number of hydrogen-bond donors (Lipinski definition) is 2. The molecule has 0 aliphatic carbocycles. The third kappa shape index (κ3) is 5.24. The van der Waals surface area contributed by atoms with E-state index in [0.29, 0.717) is 18.2 Å². The minimum Gasteiger partial charge on any atom is -0.352 e. The largest absolute Gasteiger partial charge is 0.352 e. The molecule has 2 N–H and O–H groups in total. The van der Waals surface area contributed by atoms with Gasteiger partial charge in [-0.1, -0.05) is 48.5 Å². The molecule has 39 heavy (non-hydrogen) atoms. The van der Waals surface area contributed by atoms with Crippen molar-refractivity contribution in [2.24, 2.45) is 0 Å². The smallest absolute Gasteiger partial charge is 0.226 e. The number of carbonyl (C=O) groups excluding carboxylic acids is 1. The average molecular weight is 533 g/mol. The number of rotatable bonds is 8. The van der Waals surface area contributed by atoms with Gasteiger partial charge in [0.15, 0.2) is 5.11 Å². The number of carbonyl (C=O) groups is 1. The predicted molar refractivity (Wildman–Crippen MR) is 157 cm³/mol. The summed E-state index contributed by atoms with van der Waals surface area (Å²) in [6.45, 7) is 1.10. The molecule has 194 valence electrons. The number of aromatic nitrogens is 3. The quantitative estimate of drug-likeness (QED) is 0.258. The zero-order valence-electron chi connectivity index (χ0n) is 21.3. The van der Waals surface area contributed by atoms with Gasteiger partial charge in [0.1, 0.15) is 0 Å². The molecule has 4 heterocycles. The van der Waals surface area contributed by atoms with Gasteiger partial charge in [0, 0.05) is 48.3 Å². The molecule has 8 heteroatoms. The summed E-state index contributed by atoms with van der Waals surface area (Å²) >= 11 is 5.82. The van der Waals surface area contributed by atoms with Crippen molar-refractivity contribution in [3.05, 3.63) is 127 Å². The molecule has 3 aromatic heterocycles. The van der Waals surface area contributed by atoms with E-state index in [1.54, 1.807) is 6.20 Å². The first-order chi connectivity index (χ1) is 19.2. The monoisotopic (exact) mass is 532 g/mol. The van der Waals surface area contributed by atoms with Crippen LogP contribution in [0.2, 0.25) is 0 Å². The number of pyridine rings is 2. The Morgan fingerprint density at radius 2 is 1.69 bits per heavy atom. The molecular formula is C31H28N6OS. The summed E-state index contributed by atoms with van der Waals surface area (Å²) in [6.07, 6.45) is 5.95. The summed E-state index contributed by atoms with van der Waals surface area (Å²) in [7, 11) is 0. The van der Waals surface area contributed by atoms with E-state index in [1.807, 2.05) is 91.1 Å². The third-order valence-electron chi connectivity index (χ3n) is 7.07. The fourth-order valence-electron chi connectivity index (χ4n) is 5.24. The number of nitrogens with zero attached hydrogens (tertiary/aromatic N) is 4. The molecule has 1 aliphatic rings. The van der Waals surface area contributed by atoms with Crippen molar-refractivity contribution >= 4 is 39.7 Å². The second-order valence-electron chi connectivity index (χ2n) is 9.53. The Balaban J connectivity index is 1.26. The van der Waals surface area contributed by atoms with Gasteiger partial charge in [-0.15, -0.1) is 0 Å². The van der Waals surface area contributed by atoms with Crippen LogP contribution in [-0.4, -0.2) is 37.0 Å². The lowest BCUT2D eigenvalue weighted by atomic mass is 10.0. The molecule has 0 unspecified atom stereocenters. The van der Waals surface area contributed by atoms with Crippen molar-refractivity contribution in [2.45, 2.75) is 25.0 Å². The number of benzene rings is 2. The minimum absolute atomic E-state index is 0.0574. The van der Waals surface area contributed by atoms with E-state index < -0.39 is 0 Å². The van der Waals surface area contributed by atoms with Crippen molar-refractivity contribution in [1.82, 2.24) is 24.8 Å². The molecule has 0 bridgehead atoms. The van der Waals surface area contributed by atoms with Gasteiger partial charge < -0.3 is 20.1 Å². The van der Waals surface area contributed by atoms with E-state index in [2.05, 4.69) is 42.3 Å². The van der Waals surface area contributed by atoms with Gasteiger partial charge in [-0.3, -0.25) is 14.8 Å². The highest BCUT2D eigenvalue weighted by molar-refractivity contribution is 7.80. The number of amides is 1. The summed E-state index contributed by atoms with van der Waals surface area (Å²) < 4.78 is 2.20. The molecule has 5 aromatic rings. The molecule has 0 spiro atoms. The molecule has 2 atom stereocenters. The Bertz CT molecular complexity index is 1600. The van der Waals surface area contributed by atoms with Gasteiger partial charge in [0.05, 0.1) is 30.0 Å². The summed E-state index contributed by atoms with van der Waals surface area (Å²) in [5, 5.41) is 9.31. The molecule has 6 rings (SSSR count). The van der Waals surface area contributed by atoms with Gasteiger partial charge >= 0.3 is 0 Å². The summed E-state index contributed by atoms with van der Waals surface area (Å²) in [4.78, 5) is 24.4. The molecule has 2 aromatic carbocycles.